The van der Waals surface area contributed by atoms with Crippen LogP contribution in [0.4, 0.5) is 17.1 Å². The summed E-state index contributed by atoms with van der Waals surface area (Å²) in [6, 6.07) is 9.91. The van der Waals surface area contributed by atoms with Crippen molar-refractivity contribution < 1.29 is 9.72 Å². The summed E-state index contributed by atoms with van der Waals surface area (Å²) in [6.45, 7) is 1.84. The first kappa shape index (κ1) is 16.3. The van der Waals surface area contributed by atoms with Gasteiger partial charge in [0, 0.05) is 28.4 Å². The summed E-state index contributed by atoms with van der Waals surface area (Å²) in [7, 11) is 0. The molecule has 0 aromatic heterocycles. The second-order valence-electron chi connectivity index (χ2n) is 5.82. The van der Waals surface area contributed by atoms with Gasteiger partial charge in [0.15, 0.2) is 0 Å². The van der Waals surface area contributed by atoms with Gasteiger partial charge in [0.2, 0.25) is 0 Å². The van der Waals surface area contributed by atoms with Gasteiger partial charge in [-0.05, 0) is 49.6 Å². The van der Waals surface area contributed by atoms with Gasteiger partial charge < -0.3 is 10.6 Å². The number of nitro groups is 1. The fourth-order valence-electron chi connectivity index (χ4n) is 2.32. The van der Waals surface area contributed by atoms with Crippen LogP contribution in [0.25, 0.3) is 0 Å². The Bertz CT molecular complexity index is 819. The summed E-state index contributed by atoms with van der Waals surface area (Å²) in [5.41, 5.74) is 2.00. The summed E-state index contributed by atoms with van der Waals surface area (Å²) in [5.74, 6) is -0.415. The molecule has 1 aliphatic rings. The monoisotopic (exact) mass is 345 g/mol. The fourth-order valence-corrected chi connectivity index (χ4v) is 2.49. The number of nitro benzene ring substituents is 1. The molecule has 2 aromatic carbocycles. The molecule has 0 unspecified atom stereocenters. The van der Waals surface area contributed by atoms with Crippen LogP contribution < -0.4 is 10.6 Å². The van der Waals surface area contributed by atoms with Gasteiger partial charge in [0.1, 0.15) is 5.69 Å². The second-order valence-corrected chi connectivity index (χ2v) is 6.26. The average Bonchev–Trinajstić information content (AvgIpc) is 3.35. The normalized spacial score (nSPS) is 13.4. The molecule has 0 radical (unpaired) electrons. The van der Waals surface area contributed by atoms with Gasteiger partial charge >= 0.3 is 0 Å². The number of benzene rings is 2. The molecule has 124 valence electrons. The van der Waals surface area contributed by atoms with Crippen LogP contribution in [0.3, 0.4) is 0 Å². The summed E-state index contributed by atoms with van der Waals surface area (Å²) in [4.78, 5) is 23.2. The van der Waals surface area contributed by atoms with Crippen LogP contribution in [0, 0.1) is 17.0 Å². The van der Waals surface area contributed by atoms with Crippen molar-refractivity contribution in [3.05, 3.63) is 62.7 Å². The minimum absolute atomic E-state index is 0.0997. The topological polar surface area (TPSA) is 84.3 Å². The molecule has 2 aromatic rings. The predicted molar refractivity (Wildman–Crippen MR) is 93.9 cm³/mol. The van der Waals surface area contributed by atoms with Gasteiger partial charge in [-0.1, -0.05) is 17.7 Å². The summed E-state index contributed by atoms with van der Waals surface area (Å²) < 4.78 is 0. The Kier molecular flexibility index (Phi) is 4.40. The van der Waals surface area contributed by atoms with E-state index < -0.39 is 10.8 Å². The molecule has 1 amide bonds. The summed E-state index contributed by atoms with van der Waals surface area (Å²) in [6.07, 6.45) is 2.01. The number of carbonyl (C=O) groups excluding carboxylic acids is 1. The summed E-state index contributed by atoms with van der Waals surface area (Å²) in [5, 5.41) is 17.6. The van der Waals surface area contributed by atoms with Crippen molar-refractivity contribution in [1.29, 1.82) is 0 Å². The van der Waals surface area contributed by atoms with E-state index >= 15 is 0 Å². The van der Waals surface area contributed by atoms with Crippen LogP contribution >= 0.6 is 11.6 Å². The molecule has 0 bridgehead atoms. The van der Waals surface area contributed by atoms with Gasteiger partial charge in [-0.3, -0.25) is 14.9 Å². The lowest BCUT2D eigenvalue weighted by molar-refractivity contribution is -0.384. The summed E-state index contributed by atoms with van der Waals surface area (Å²) >= 11 is 5.94. The molecule has 1 saturated carbocycles. The number of hydrogen-bond donors (Lipinski definition) is 2. The molecule has 0 saturated heterocycles. The Labute approximate surface area is 144 Å². The third kappa shape index (κ3) is 3.65. The minimum atomic E-state index is -0.480. The Hall–Kier alpha value is -2.60. The fraction of sp³-hybridized carbons (Fsp3) is 0.235. The van der Waals surface area contributed by atoms with Crippen LogP contribution in [0.15, 0.2) is 36.4 Å². The lowest BCUT2D eigenvalue weighted by Gasteiger charge is -2.10. The number of amides is 1. The molecule has 6 nitrogen and oxygen atoms in total. The van der Waals surface area contributed by atoms with E-state index in [2.05, 4.69) is 10.6 Å². The number of aryl methyl sites for hydroxylation is 1. The maximum atomic E-state index is 12.4. The highest BCUT2D eigenvalue weighted by Gasteiger charge is 2.25. The van der Waals surface area contributed by atoms with E-state index in [1.54, 1.807) is 30.3 Å². The van der Waals surface area contributed by atoms with E-state index in [0.717, 1.165) is 18.4 Å². The lowest BCUT2D eigenvalue weighted by Crippen LogP contribution is -2.14. The SMILES string of the molecule is Cc1ccc(Cl)cc1NC(=O)c1ccc(NC2CC2)c([N+](=O)[O-])c1. The van der Waals surface area contributed by atoms with Crippen molar-refractivity contribution in [2.75, 3.05) is 10.6 Å². The number of carbonyl (C=O) groups is 1. The highest BCUT2D eigenvalue weighted by molar-refractivity contribution is 6.31. The number of rotatable bonds is 5. The zero-order valence-electron chi connectivity index (χ0n) is 13.0. The lowest BCUT2D eigenvalue weighted by atomic mass is 10.1. The molecular weight excluding hydrogens is 330 g/mol. The van der Waals surface area contributed by atoms with Gasteiger partial charge in [-0.25, -0.2) is 0 Å². The Balaban J connectivity index is 1.85. The molecule has 24 heavy (non-hydrogen) atoms. The molecule has 0 atom stereocenters. The molecular formula is C17H16ClN3O3. The Morgan fingerprint density at radius 3 is 2.62 bits per heavy atom. The van der Waals surface area contributed by atoms with Gasteiger partial charge in [0.25, 0.3) is 11.6 Å². The first-order valence-electron chi connectivity index (χ1n) is 7.56. The standard InChI is InChI=1S/C17H16ClN3O3/c1-10-2-4-12(18)9-15(10)20-17(22)11-3-7-14(19-13-5-6-13)16(8-11)21(23)24/h2-4,7-9,13,19H,5-6H2,1H3,(H,20,22). The van der Waals surface area contributed by atoms with Crippen LogP contribution in [-0.4, -0.2) is 16.9 Å². The van der Waals surface area contributed by atoms with Gasteiger partial charge in [-0.15, -0.1) is 0 Å². The van der Waals surface area contributed by atoms with Crippen molar-refractivity contribution in [3.8, 4) is 0 Å². The van der Waals surface area contributed by atoms with Gasteiger partial charge in [0.05, 0.1) is 4.92 Å². The molecule has 0 aliphatic heterocycles. The zero-order valence-corrected chi connectivity index (χ0v) is 13.8. The van der Waals surface area contributed by atoms with Crippen molar-refractivity contribution in [3.63, 3.8) is 0 Å². The van der Waals surface area contributed by atoms with Gasteiger partial charge in [-0.2, -0.15) is 0 Å². The van der Waals surface area contributed by atoms with Crippen molar-refractivity contribution in [2.24, 2.45) is 0 Å². The third-order valence-corrected chi connectivity index (χ3v) is 4.08. The quantitative estimate of drug-likeness (QED) is 0.622. The molecule has 0 spiro atoms. The van der Waals surface area contributed by atoms with Crippen LogP contribution in [-0.2, 0) is 0 Å². The van der Waals surface area contributed by atoms with Crippen LogP contribution in [0.5, 0.6) is 0 Å². The number of anilines is 2. The number of nitrogens with one attached hydrogen (secondary N) is 2. The van der Waals surface area contributed by atoms with E-state index in [4.69, 9.17) is 11.6 Å². The predicted octanol–water partition coefficient (Wildman–Crippen LogP) is 4.38. The van der Waals surface area contributed by atoms with Crippen molar-refractivity contribution >= 4 is 34.6 Å². The van der Waals surface area contributed by atoms with E-state index in [-0.39, 0.29) is 17.3 Å². The molecule has 1 fully saturated rings. The Morgan fingerprint density at radius 1 is 1.21 bits per heavy atom. The van der Waals surface area contributed by atoms with Crippen molar-refractivity contribution in [1.82, 2.24) is 0 Å². The first-order chi connectivity index (χ1) is 11.4. The van der Waals surface area contributed by atoms with E-state index in [1.165, 1.54) is 6.07 Å². The largest absolute Gasteiger partial charge is 0.377 e. The molecule has 7 heteroatoms. The number of nitrogens with zero attached hydrogens (tertiary/aromatic N) is 1. The van der Waals surface area contributed by atoms with E-state index in [9.17, 15) is 14.9 Å². The number of halogens is 1. The van der Waals surface area contributed by atoms with Crippen LogP contribution in [0.2, 0.25) is 5.02 Å². The zero-order chi connectivity index (χ0) is 17.3. The van der Waals surface area contributed by atoms with Crippen LogP contribution in [0.1, 0.15) is 28.8 Å². The van der Waals surface area contributed by atoms with E-state index in [0.29, 0.717) is 16.4 Å². The average molecular weight is 346 g/mol. The minimum Gasteiger partial charge on any atom is -0.377 e. The third-order valence-electron chi connectivity index (χ3n) is 3.84. The molecule has 2 N–H and O–H groups in total. The Morgan fingerprint density at radius 2 is 1.96 bits per heavy atom. The second kappa shape index (κ2) is 6.49. The first-order valence-corrected chi connectivity index (χ1v) is 7.94. The molecule has 0 heterocycles. The smallest absolute Gasteiger partial charge is 0.293 e. The molecule has 1 aliphatic carbocycles. The highest BCUT2D eigenvalue weighted by Crippen LogP contribution is 2.32. The highest BCUT2D eigenvalue weighted by atomic mass is 35.5. The maximum absolute atomic E-state index is 12.4. The van der Waals surface area contributed by atoms with E-state index in [1.807, 2.05) is 6.92 Å². The maximum Gasteiger partial charge on any atom is 0.293 e. The van der Waals surface area contributed by atoms with Crippen molar-refractivity contribution in [2.45, 2.75) is 25.8 Å². The number of hydrogen-bond acceptors (Lipinski definition) is 4. The molecule has 3 rings (SSSR count).